The molecular formula is C21H19NO5S2. The van der Waals surface area contributed by atoms with E-state index in [-0.39, 0.29) is 27.5 Å². The molecule has 0 saturated carbocycles. The van der Waals surface area contributed by atoms with Crippen molar-refractivity contribution < 1.29 is 23.1 Å². The number of carbonyl (C=O) groups is 1. The van der Waals surface area contributed by atoms with Crippen LogP contribution in [0.1, 0.15) is 25.7 Å². The molecule has 0 spiro atoms. The second-order valence-electron chi connectivity index (χ2n) is 6.99. The molecule has 1 aromatic heterocycles. The molecule has 0 saturated heterocycles. The van der Waals surface area contributed by atoms with Gasteiger partial charge < -0.3 is 9.84 Å². The van der Waals surface area contributed by atoms with Crippen LogP contribution in [0.4, 0.5) is 5.69 Å². The van der Waals surface area contributed by atoms with Crippen LogP contribution in [-0.4, -0.2) is 25.6 Å². The van der Waals surface area contributed by atoms with Crippen molar-refractivity contribution in [1.29, 1.82) is 0 Å². The molecule has 2 unspecified atom stereocenters. The van der Waals surface area contributed by atoms with Gasteiger partial charge in [0.15, 0.2) is 0 Å². The van der Waals surface area contributed by atoms with Gasteiger partial charge in [0, 0.05) is 5.92 Å². The van der Waals surface area contributed by atoms with E-state index in [4.69, 9.17) is 4.74 Å². The summed E-state index contributed by atoms with van der Waals surface area (Å²) in [7, 11) is -3.94. The normalized spacial score (nSPS) is 20.1. The van der Waals surface area contributed by atoms with Crippen LogP contribution in [-0.2, 0) is 14.8 Å². The minimum absolute atomic E-state index is 0.0305. The summed E-state index contributed by atoms with van der Waals surface area (Å²) < 4.78 is 34.1. The number of hydrogen-bond donors (Lipinski definition) is 2. The lowest BCUT2D eigenvalue weighted by Gasteiger charge is -2.14. The van der Waals surface area contributed by atoms with Crippen molar-refractivity contribution in [3.8, 4) is 0 Å². The number of anilines is 1. The molecule has 8 heteroatoms. The van der Waals surface area contributed by atoms with Gasteiger partial charge in [-0.15, -0.1) is 11.3 Å². The Hall–Kier alpha value is -2.84. The minimum atomic E-state index is -3.94. The zero-order chi connectivity index (χ0) is 20.8. The summed E-state index contributed by atoms with van der Waals surface area (Å²) in [6.45, 7) is 3.58. The smallest absolute Gasteiger partial charge is 0.348 e. The molecule has 2 aromatic rings. The lowest BCUT2D eigenvalue weighted by atomic mass is 9.99. The number of rotatable bonds is 5. The van der Waals surface area contributed by atoms with E-state index in [1.54, 1.807) is 19.1 Å². The maximum absolute atomic E-state index is 12.9. The number of fused-ring (bicyclic) bond motifs is 1. The highest BCUT2D eigenvalue weighted by Crippen LogP contribution is 2.39. The Labute approximate surface area is 172 Å². The zero-order valence-corrected chi connectivity index (χ0v) is 17.4. The molecule has 1 aliphatic heterocycles. The van der Waals surface area contributed by atoms with E-state index in [2.05, 4.69) is 4.72 Å². The third-order valence-electron chi connectivity index (χ3n) is 4.76. The highest BCUT2D eigenvalue weighted by molar-refractivity contribution is 7.92. The summed E-state index contributed by atoms with van der Waals surface area (Å²) >= 11 is 0.985. The largest absolute Gasteiger partial charge is 0.484 e. The van der Waals surface area contributed by atoms with Gasteiger partial charge in [-0.25, -0.2) is 13.2 Å². The van der Waals surface area contributed by atoms with Crippen molar-refractivity contribution in [2.24, 2.45) is 5.92 Å². The number of carboxylic acids is 1. The quantitative estimate of drug-likeness (QED) is 0.737. The fraction of sp³-hybridized carbons (Fsp3) is 0.190. The average molecular weight is 430 g/mol. The molecular weight excluding hydrogens is 410 g/mol. The number of nitrogens with one attached hydrogen (secondary N) is 1. The van der Waals surface area contributed by atoms with Crippen LogP contribution in [0.5, 0.6) is 0 Å². The molecule has 150 valence electrons. The summed E-state index contributed by atoms with van der Waals surface area (Å²) in [4.78, 5) is 12.3. The average Bonchev–Trinajstić information content (AvgIpc) is 3.24. The van der Waals surface area contributed by atoms with E-state index in [1.807, 2.05) is 37.3 Å². The van der Waals surface area contributed by atoms with Crippen molar-refractivity contribution in [2.45, 2.75) is 24.8 Å². The van der Waals surface area contributed by atoms with Gasteiger partial charge >= 0.3 is 5.97 Å². The first-order valence-corrected chi connectivity index (χ1v) is 11.3. The van der Waals surface area contributed by atoms with Gasteiger partial charge in [-0.1, -0.05) is 35.9 Å². The van der Waals surface area contributed by atoms with Crippen molar-refractivity contribution in [2.75, 3.05) is 4.72 Å². The van der Waals surface area contributed by atoms with E-state index in [9.17, 15) is 18.3 Å². The van der Waals surface area contributed by atoms with Gasteiger partial charge in [0.05, 0.1) is 15.5 Å². The molecule has 2 heterocycles. The number of ether oxygens (including phenoxy) is 1. The Bertz CT molecular complexity index is 1190. The van der Waals surface area contributed by atoms with Crippen LogP contribution in [0.3, 0.4) is 0 Å². The summed E-state index contributed by atoms with van der Waals surface area (Å²) in [5.74, 6) is -0.559. The Balaban J connectivity index is 1.68. The lowest BCUT2D eigenvalue weighted by Crippen LogP contribution is -2.15. The number of aryl methyl sites for hydroxylation is 2. The molecule has 0 fully saturated rings. The Morgan fingerprint density at radius 2 is 1.93 bits per heavy atom. The van der Waals surface area contributed by atoms with Gasteiger partial charge in [0.2, 0.25) is 0 Å². The van der Waals surface area contributed by atoms with Crippen LogP contribution < -0.4 is 4.72 Å². The Morgan fingerprint density at radius 1 is 1.17 bits per heavy atom. The number of aromatic carboxylic acids is 1. The molecule has 2 atom stereocenters. The fourth-order valence-electron chi connectivity index (χ4n) is 3.42. The second-order valence-corrected chi connectivity index (χ2v) is 9.70. The highest BCUT2D eigenvalue weighted by atomic mass is 32.2. The van der Waals surface area contributed by atoms with Crippen molar-refractivity contribution in [3.05, 3.63) is 75.5 Å². The first-order chi connectivity index (χ1) is 13.7. The van der Waals surface area contributed by atoms with Gasteiger partial charge in [0.1, 0.15) is 16.7 Å². The summed E-state index contributed by atoms with van der Waals surface area (Å²) in [6.07, 6.45) is 9.57. The molecule has 1 aromatic carbocycles. The number of benzene rings is 1. The van der Waals surface area contributed by atoms with Gasteiger partial charge in [0.25, 0.3) is 10.0 Å². The Morgan fingerprint density at radius 3 is 2.62 bits per heavy atom. The molecule has 2 N–H and O–H groups in total. The SMILES string of the molecule is Cc1ccc(S(=O)(=O)Nc2cc(C3=CC4C=CC=CC4O3)sc2C(=O)O)c(C)c1. The molecule has 0 bridgehead atoms. The first kappa shape index (κ1) is 19.5. The molecule has 29 heavy (non-hydrogen) atoms. The monoisotopic (exact) mass is 429 g/mol. The molecule has 0 amide bonds. The molecule has 6 nitrogen and oxygen atoms in total. The van der Waals surface area contributed by atoms with Crippen molar-refractivity contribution >= 4 is 38.8 Å². The number of hydrogen-bond acceptors (Lipinski definition) is 5. The summed E-state index contributed by atoms with van der Waals surface area (Å²) in [5, 5.41) is 9.58. The van der Waals surface area contributed by atoms with E-state index in [0.29, 0.717) is 16.2 Å². The summed E-state index contributed by atoms with van der Waals surface area (Å²) in [6, 6.07) is 6.52. The van der Waals surface area contributed by atoms with Crippen LogP contribution in [0, 0.1) is 19.8 Å². The topological polar surface area (TPSA) is 92.7 Å². The second kappa shape index (κ2) is 7.20. The van der Waals surface area contributed by atoms with E-state index < -0.39 is 16.0 Å². The zero-order valence-electron chi connectivity index (χ0n) is 15.7. The molecule has 1 aliphatic carbocycles. The van der Waals surface area contributed by atoms with Crippen molar-refractivity contribution in [3.63, 3.8) is 0 Å². The Kier molecular flexibility index (Phi) is 4.84. The molecule has 4 rings (SSSR count). The highest BCUT2D eigenvalue weighted by Gasteiger charge is 2.30. The molecule has 0 radical (unpaired) electrons. The fourth-order valence-corrected chi connectivity index (χ4v) is 5.70. The van der Waals surface area contributed by atoms with Gasteiger partial charge in [-0.05, 0) is 43.7 Å². The molecule has 2 aliphatic rings. The standard InChI is InChI=1S/C21H19NO5S2/c1-12-7-8-19(13(2)9-12)29(25,26)22-15-11-18(28-20(15)21(23)24)17-10-14-5-3-4-6-16(14)27-17/h3-11,14,16,22H,1-2H3,(H,23,24). The van der Waals surface area contributed by atoms with Crippen LogP contribution in [0.25, 0.3) is 5.76 Å². The van der Waals surface area contributed by atoms with E-state index in [1.165, 1.54) is 12.1 Å². The third kappa shape index (κ3) is 3.73. The summed E-state index contributed by atoms with van der Waals surface area (Å²) in [5.41, 5.74) is 1.57. The van der Waals surface area contributed by atoms with E-state index >= 15 is 0 Å². The van der Waals surface area contributed by atoms with Crippen molar-refractivity contribution in [1.82, 2.24) is 0 Å². The van der Waals surface area contributed by atoms with Gasteiger partial charge in [-0.2, -0.15) is 0 Å². The maximum atomic E-state index is 12.9. The number of carboxylic acid groups (broad SMARTS) is 1. The van der Waals surface area contributed by atoms with Crippen LogP contribution >= 0.6 is 11.3 Å². The lowest BCUT2D eigenvalue weighted by molar-refractivity contribution is 0.0703. The predicted octanol–water partition coefficient (Wildman–Crippen LogP) is 4.35. The number of sulfonamides is 1. The minimum Gasteiger partial charge on any atom is -0.484 e. The third-order valence-corrected chi connectivity index (χ3v) is 7.43. The number of thiophene rings is 1. The van der Waals surface area contributed by atoms with E-state index in [0.717, 1.165) is 16.9 Å². The first-order valence-electron chi connectivity index (χ1n) is 8.95. The van der Waals surface area contributed by atoms with Crippen LogP contribution in [0.2, 0.25) is 0 Å². The van der Waals surface area contributed by atoms with Gasteiger partial charge in [-0.3, -0.25) is 4.72 Å². The number of allylic oxidation sites excluding steroid dienone is 2. The predicted molar refractivity (Wildman–Crippen MR) is 113 cm³/mol. The van der Waals surface area contributed by atoms with Crippen LogP contribution in [0.15, 0.2) is 59.5 Å². The maximum Gasteiger partial charge on any atom is 0.348 e.